The molecule has 0 atom stereocenters. The Bertz CT molecular complexity index is 776. The molecule has 0 unspecified atom stereocenters. The summed E-state index contributed by atoms with van der Waals surface area (Å²) in [6.07, 6.45) is -4.34. The van der Waals surface area contributed by atoms with Crippen molar-refractivity contribution in [2.45, 2.75) is 25.8 Å². The predicted molar refractivity (Wildman–Crippen MR) is 118 cm³/mol. The van der Waals surface area contributed by atoms with E-state index < -0.39 is 11.7 Å². The van der Waals surface area contributed by atoms with E-state index in [1.54, 1.807) is 13.1 Å². The van der Waals surface area contributed by atoms with E-state index in [4.69, 9.17) is 0 Å². The van der Waals surface area contributed by atoms with Gasteiger partial charge < -0.3 is 15.5 Å². The molecule has 0 aromatic heterocycles. The number of guanidine groups is 1. The fourth-order valence-corrected chi connectivity index (χ4v) is 2.67. The number of rotatable bonds is 6. The van der Waals surface area contributed by atoms with Gasteiger partial charge in [0.2, 0.25) is 0 Å². The third-order valence-corrected chi connectivity index (χ3v) is 3.99. The zero-order chi connectivity index (χ0) is 19.9. The fourth-order valence-electron chi connectivity index (χ4n) is 2.67. The lowest BCUT2D eigenvalue weighted by Crippen LogP contribution is -2.36. The van der Waals surface area contributed by atoms with Crippen LogP contribution in [0.5, 0.6) is 0 Å². The summed E-state index contributed by atoms with van der Waals surface area (Å²) >= 11 is 0. The molecule has 0 aliphatic heterocycles. The minimum atomic E-state index is -4.34. The van der Waals surface area contributed by atoms with Crippen LogP contribution >= 0.6 is 24.0 Å². The Kier molecular flexibility index (Phi) is 9.74. The topological polar surface area (TPSA) is 39.7 Å². The molecule has 2 aromatic rings. The molecule has 2 rings (SSSR count). The smallest absolute Gasteiger partial charge is 0.352 e. The number of alkyl halides is 3. The van der Waals surface area contributed by atoms with E-state index in [1.807, 2.05) is 32.3 Å². The van der Waals surface area contributed by atoms with Gasteiger partial charge >= 0.3 is 6.18 Å². The molecule has 154 valence electrons. The third-order valence-electron chi connectivity index (χ3n) is 3.99. The normalized spacial score (nSPS) is 11.9. The Morgan fingerprint density at radius 3 is 2.21 bits per heavy atom. The van der Waals surface area contributed by atoms with Crippen molar-refractivity contribution in [2.24, 2.45) is 4.99 Å². The number of aliphatic imine (C=N–C) groups is 1. The van der Waals surface area contributed by atoms with Crippen LogP contribution < -0.4 is 10.6 Å². The first-order chi connectivity index (χ1) is 12.8. The summed E-state index contributed by atoms with van der Waals surface area (Å²) in [5.41, 5.74) is 2.25. The van der Waals surface area contributed by atoms with Gasteiger partial charge in [0, 0.05) is 26.7 Å². The maximum absolute atomic E-state index is 12.8. The van der Waals surface area contributed by atoms with E-state index in [2.05, 4.69) is 26.6 Å². The lowest BCUT2D eigenvalue weighted by Gasteiger charge is -2.16. The maximum Gasteiger partial charge on any atom is 0.416 e. The van der Waals surface area contributed by atoms with Gasteiger partial charge in [0.05, 0.1) is 5.56 Å². The number of benzene rings is 2. The van der Waals surface area contributed by atoms with Crippen molar-refractivity contribution < 1.29 is 13.2 Å². The first kappa shape index (κ1) is 24.2. The Hall–Kier alpha value is -1.81. The Morgan fingerprint density at radius 1 is 0.964 bits per heavy atom. The fraction of sp³-hybridized carbons (Fsp3) is 0.350. The van der Waals surface area contributed by atoms with Crippen molar-refractivity contribution >= 4 is 29.9 Å². The van der Waals surface area contributed by atoms with Gasteiger partial charge in [0.25, 0.3) is 0 Å². The largest absolute Gasteiger partial charge is 0.416 e. The molecular weight excluding hydrogens is 480 g/mol. The molecule has 0 saturated carbocycles. The summed E-state index contributed by atoms with van der Waals surface area (Å²) in [5.74, 6) is 0.534. The van der Waals surface area contributed by atoms with Crippen LogP contribution in [-0.4, -0.2) is 32.0 Å². The average molecular weight is 506 g/mol. The predicted octanol–water partition coefficient (Wildman–Crippen LogP) is 4.25. The zero-order valence-electron chi connectivity index (χ0n) is 16.2. The summed E-state index contributed by atoms with van der Waals surface area (Å²) in [4.78, 5) is 6.24. The Balaban J connectivity index is 0.00000392. The van der Waals surface area contributed by atoms with Crippen LogP contribution in [0.15, 0.2) is 53.5 Å². The monoisotopic (exact) mass is 506 g/mol. The van der Waals surface area contributed by atoms with Crippen LogP contribution in [0.25, 0.3) is 0 Å². The quantitative estimate of drug-likeness (QED) is 0.350. The first-order valence-electron chi connectivity index (χ1n) is 8.61. The standard InChI is InChI=1S/C20H25F3N4.HI/c1-24-19(25-12-15-7-6-10-18(11-15)20(21,22)23)26-13-16-8-4-5-9-17(16)14-27(2)3;/h4-11H,12-14H2,1-3H3,(H2,24,25,26);1H. The minimum Gasteiger partial charge on any atom is -0.352 e. The molecule has 2 aromatic carbocycles. The average Bonchev–Trinajstić information content (AvgIpc) is 2.62. The highest BCUT2D eigenvalue weighted by atomic mass is 127. The van der Waals surface area contributed by atoms with E-state index in [9.17, 15) is 13.2 Å². The summed E-state index contributed by atoms with van der Waals surface area (Å²) in [7, 11) is 5.66. The van der Waals surface area contributed by atoms with E-state index in [0.717, 1.165) is 24.2 Å². The molecule has 0 saturated heterocycles. The lowest BCUT2D eigenvalue weighted by atomic mass is 10.1. The summed E-state index contributed by atoms with van der Waals surface area (Å²) in [5, 5.41) is 6.27. The van der Waals surface area contributed by atoms with Gasteiger partial charge in [-0.05, 0) is 42.9 Å². The van der Waals surface area contributed by atoms with Crippen molar-refractivity contribution in [2.75, 3.05) is 21.1 Å². The van der Waals surface area contributed by atoms with E-state index in [1.165, 1.54) is 11.6 Å². The number of hydrogen-bond acceptors (Lipinski definition) is 2. The van der Waals surface area contributed by atoms with Crippen molar-refractivity contribution in [3.8, 4) is 0 Å². The number of nitrogens with zero attached hydrogens (tertiary/aromatic N) is 2. The van der Waals surface area contributed by atoms with Crippen LogP contribution in [-0.2, 0) is 25.8 Å². The summed E-state index contributed by atoms with van der Waals surface area (Å²) < 4.78 is 38.4. The molecule has 0 aliphatic rings. The number of hydrogen-bond donors (Lipinski definition) is 2. The highest BCUT2D eigenvalue weighted by molar-refractivity contribution is 14.0. The SMILES string of the molecule is CN=C(NCc1cccc(C(F)(F)F)c1)NCc1ccccc1CN(C)C.I. The Morgan fingerprint density at radius 2 is 1.61 bits per heavy atom. The van der Waals surface area contributed by atoms with Gasteiger partial charge in [-0.2, -0.15) is 13.2 Å². The van der Waals surface area contributed by atoms with Gasteiger partial charge in [0.15, 0.2) is 5.96 Å². The minimum absolute atomic E-state index is 0. The van der Waals surface area contributed by atoms with E-state index >= 15 is 0 Å². The highest BCUT2D eigenvalue weighted by Crippen LogP contribution is 2.29. The molecule has 0 radical (unpaired) electrons. The van der Waals surface area contributed by atoms with Gasteiger partial charge in [-0.1, -0.05) is 36.4 Å². The first-order valence-corrected chi connectivity index (χ1v) is 8.61. The second-order valence-electron chi connectivity index (χ2n) is 6.48. The van der Waals surface area contributed by atoms with Crippen molar-refractivity contribution in [3.63, 3.8) is 0 Å². The van der Waals surface area contributed by atoms with Gasteiger partial charge in [-0.15, -0.1) is 24.0 Å². The maximum atomic E-state index is 12.8. The van der Waals surface area contributed by atoms with E-state index in [0.29, 0.717) is 18.1 Å². The van der Waals surface area contributed by atoms with Gasteiger partial charge in [-0.25, -0.2) is 0 Å². The van der Waals surface area contributed by atoms with Crippen LogP contribution in [0.1, 0.15) is 22.3 Å². The van der Waals surface area contributed by atoms with E-state index in [-0.39, 0.29) is 30.5 Å². The molecule has 2 N–H and O–H groups in total. The number of nitrogens with one attached hydrogen (secondary N) is 2. The second-order valence-corrected chi connectivity index (χ2v) is 6.48. The molecular formula is C20H26F3IN4. The van der Waals surface area contributed by atoms with Crippen molar-refractivity contribution in [1.82, 2.24) is 15.5 Å². The van der Waals surface area contributed by atoms with Crippen LogP contribution in [0, 0.1) is 0 Å². The molecule has 0 fully saturated rings. The van der Waals surface area contributed by atoms with Crippen LogP contribution in [0.4, 0.5) is 13.2 Å². The van der Waals surface area contributed by atoms with Crippen molar-refractivity contribution in [1.29, 1.82) is 0 Å². The molecule has 0 heterocycles. The van der Waals surface area contributed by atoms with Crippen LogP contribution in [0.2, 0.25) is 0 Å². The molecule has 4 nitrogen and oxygen atoms in total. The molecule has 0 spiro atoms. The lowest BCUT2D eigenvalue weighted by molar-refractivity contribution is -0.137. The molecule has 0 amide bonds. The molecule has 0 aliphatic carbocycles. The Labute approximate surface area is 181 Å². The van der Waals surface area contributed by atoms with Gasteiger partial charge in [-0.3, -0.25) is 4.99 Å². The molecule has 8 heteroatoms. The summed E-state index contributed by atoms with van der Waals surface area (Å²) in [6, 6.07) is 13.4. The molecule has 28 heavy (non-hydrogen) atoms. The third kappa shape index (κ3) is 7.67. The molecule has 0 bridgehead atoms. The number of halogens is 4. The van der Waals surface area contributed by atoms with Gasteiger partial charge in [0.1, 0.15) is 0 Å². The highest BCUT2D eigenvalue weighted by Gasteiger charge is 2.30. The van der Waals surface area contributed by atoms with Crippen LogP contribution in [0.3, 0.4) is 0 Å². The summed E-state index contributed by atoms with van der Waals surface area (Å²) in [6.45, 7) is 1.66. The second kappa shape index (κ2) is 11.3. The zero-order valence-corrected chi connectivity index (χ0v) is 18.5. The van der Waals surface area contributed by atoms with Crippen molar-refractivity contribution in [3.05, 3.63) is 70.8 Å².